The Morgan fingerprint density at radius 1 is 1.31 bits per heavy atom. The van der Waals surface area contributed by atoms with Crippen LogP contribution in [0.4, 0.5) is 0 Å². The van der Waals surface area contributed by atoms with E-state index in [-0.39, 0.29) is 6.04 Å². The van der Waals surface area contributed by atoms with E-state index in [0.29, 0.717) is 24.2 Å². The lowest BCUT2D eigenvalue weighted by atomic mass is 10.1. The van der Waals surface area contributed by atoms with E-state index in [9.17, 15) is 9.59 Å². The molecular weight excluding hydrogens is 332 g/mol. The molecule has 26 heavy (non-hydrogen) atoms. The molecule has 132 valence electrons. The van der Waals surface area contributed by atoms with E-state index in [2.05, 4.69) is 27.0 Å². The Hall–Kier alpha value is -3.47. The van der Waals surface area contributed by atoms with Crippen molar-refractivity contribution in [1.82, 2.24) is 20.5 Å². The second-order valence-electron chi connectivity index (χ2n) is 5.92. The number of nitriles is 1. The molecular formula is C18H18N6O2. The average molecular weight is 350 g/mol. The van der Waals surface area contributed by atoms with Crippen LogP contribution in [-0.2, 0) is 16.1 Å². The highest BCUT2D eigenvalue weighted by Crippen LogP contribution is 2.20. The molecule has 8 nitrogen and oxygen atoms in total. The highest BCUT2D eigenvalue weighted by atomic mass is 16.2. The molecule has 0 radical (unpaired) electrons. The third kappa shape index (κ3) is 4.54. The predicted octanol–water partition coefficient (Wildman–Crippen LogP) is 1.19. The molecule has 1 aromatic heterocycles. The van der Waals surface area contributed by atoms with Crippen molar-refractivity contribution in [1.29, 1.82) is 5.26 Å². The number of rotatable bonds is 6. The number of hydrogen-bond donors (Lipinski definition) is 2. The van der Waals surface area contributed by atoms with Gasteiger partial charge in [0, 0.05) is 23.4 Å². The van der Waals surface area contributed by atoms with E-state index in [0.717, 1.165) is 18.4 Å². The third-order valence-electron chi connectivity index (χ3n) is 3.78. The quantitative estimate of drug-likeness (QED) is 0.463. The molecule has 8 heteroatoms. The molecule has 3 rings (SSSR count). The average Bonchev–Trinajstić information content (AvgIpc) is 3.38. The number of hydrazone groups is 1. The summed E-state index contributed by atoms with van der Waals surface area (Å²) in [5, 5.41) is 19.7. The molecule has 1 aliphatic rings. The Labute approximate surface area is 150 Å². The summed E-state index contributed by atoms with van der Waals surface area (Å²) >= 11 is 0. The summed E-state index contributed by atoms with van der Waals surface area (Å²) in [5.74, 6) is -1.48. The fourth-order valence-corrected chi connectivity index (χ4v) is 2.32. The lowest BCUT2D eigenvalue weighted by Gasteiger charge is -2.01. The molecule has 0 saturated heterocycles. The first-order chi connectivity index (χ1) is 12.7. The maximum Gasteiger partial charge on any atom is 0.329 e. The summed E-state index contributed by atoms with van der Waals surface area (Å²) in [6.07, 6.45) is 5.35. The maximum absolute atomic E-state index is 11.7. The minimum atomic E-state index is -0.800. The van der Waals surface area contributed by atoms with Crippen molar-refractivity contribution in [3.8, 4) is 17.3 Å². The van der Waals surface area contributed by atoms with Crippen LogP contribution >= 0.6 is 0 Å². The fourth-order valence-electron chi connectivity index (χ4n) is 2.32. The van der Waals surface area contributed by atoms with Gasteiger partial charge in [0.1, 0.15) is 5.69 Å². The molecule has 0 aliphatic heterocycles. The number of benzene rings is 1. The van der Waals surface area contributed by atoms with Crippen molar-refractivity contribution in [3.63, 3.8) is 0 Å². The zero-order valence-electron chi connectivity index (χ0n) is 14.1. The zero-order valence-corrected chi connectivity index (χ0v) is 14.1. The van der Waals surface area contributed by atoms with Crippen molar-refractivity contribution in [2.75, 3.05) is 0 Å². The van der Waals surface area contributed by atoms with Crippen LogP contribution in [0.2, 0.25) is 0 Å². The van der Waals surface area contributed by atoms with Crippen molar-refractivity contribution in [3.05, 3.63) is 42.1 Å². The van der Waals surface area contributed by atoms with Crippen LogP contribution in [0.3, 0.4) is 0 Å². The van der Waals surface area contributed by atoms with Crippen LogP contribution in [0.25, 0.3) is 11.3 Å². The Bertz CT molecular complexity index is 862. The van der Waals surface area contributed by atoms with Gasteiger partial charge in [0.15, 0.2) is 0 Å². The predicted molar refractivity (Wildman–Crippen MR) is 94.8 cm³/mol. The van der Waals surface area contributed by atoms with Crippen molar-refractivity contribution >= 4 is 18.0 Å². The number of nitrogens with one attached hydrogen (secondary N) is 2. The van der Waals surface area contributed by atoms with E-state index in [1.807, 2.05) is 30.3 Å². The van der Waals surface area contributed by atoms with Crippen LogP contribution in [0.15, 0.2) is 41.6 Å². The van der Waals surface area contributed by atoms with Gasteiger partial charge in [0.25, 0.3) is 0 Å². The van der Waals surface area contributed by atoms with Gasteiger partial charge in [-0.25, -0.2) is 5.43 Å². The summed E-state index contributed by atoms with van der Waals surface area (Å²) in [4.78, 5) is 23.3. The number of carbonyl (C=O) groups is 2. The van der Waals surface area contributed by atoms with Gasteiger partial charge in [-0.3, -0.25) is 14.3 Å². The SMILES string of the molecule is N#CCCn1cc(/C=N\NC(=O)C(=O)NC2CC2)c(-c2ccccc2)n1. The minimum Gasteiger partial charge on any atom is -0.345 e. The van der Waals surface area contributed by atoms with Crippen molar-refractivity contribution in [2.24, 2.45) is 5.10 Å². The van der Waals surface area contributed by atoms with Gasteiger partial charge in [-0.1, -0.05) is 30.3 Å². The molecule has 0 atom stereocenters. The van der Waals surface area contributed by atoms with Crippen LogP contribution in [0.5, 0.6) is 0 Å². The zero-order chi connectivity index (χ0) is 18.4. The Morgan fingerprint density at radius 2 is 2.08 bits per heavy atom. The van der Waals surface area contributed by atoms with Crippen LogP contribution in [0.1, 0.15) is 24.8 Å². The van der Waals surface area contributed by atoms with E-state index >= 15 is 0 Å². The number of aromatic nitrogens is 2. The molecule has 1 fully saturated rings. The molecule has 0 bridgehead atoms. The number of aryl methyl sites for hydroxylation is 1. The van der Waals surface area contributed by atoms with Gasteiger partial charge < -0.3 is 5.32 Å². The first-order valence-electron chi connectivity index (χ1n) is 8.31. The monoisotopic (exact) mass is 350 g/mol. The molecule has 0 spiro atoms. The van der Waals surface area contributed by atoms with Gasteiger partial charge in [-0.05, 0) is 12.8 Å². The van der Waals surface area contributed by atoms with Gasteiger partial charge in [0.05, 0.1) is 25.2 Å². The first-order valence-corrected chi connectivity index (χ1v) is 8.31. The number of carbonyl (C=O) groups excluding carboxylic acids is 2. The van der Waals surface area contributed by atoms with Crippen molar-refractivity contribution in [2.45, 2.75) is 31.8 Å². The smallest absolute Gasteiger partial charge is 0.329 e. The molecule has 2 amide bonds. The molecule has 1 heterocycles. The highest BCUT2D eigenvalue weighted by molar-refractivity contribution is 6.35. The van der Waals surface area contributed by atoms with Crippen LogP contribution < -0.4 is 10.7 Å². The number of nitrogens with zero attached hydrogens (tertiary/aromatic N) is 4. The maximum atomic E-state index is 11.7. The number of hydrogen-bond acceptors (Lipinski definition) is 5. The molecule has 1 aromatic carbocycles. The minimum absolute atomic E-state index is 0.111. The van der Waals surface area contributed by atoms with E-state index in [1.165, 1.54) is 6.21 Å². The van der Waals surface area contributed by atoms with Crippen molar-refractivity contribution < 1.29 is 9.59 Å². The Kier molecular flexibility index (Phi) is 5.39. The Morgan fingerprint density at radius 3 is 2.77 bits per heavy atom. The molecule has 1 aliphatic carbocycles. The second-order valence-corrected chi connectivity index (χ2v) is 5.92. The lowest BCUT2D eigenvalue weighted by Crippen LogP contribution is -2.38. The normalized spacial score (nSPS) is 13.3. The number of amides is 2. The van der Waals surface area contributed by atoms with Crippen LogP contribution in [0, 0.1) is 11.3 Å². The van der Waals surface area contributed by atoms with Gasteiger partial charge in [0.2, 0.25) is 0 Å². The van der Waals surface area contributed by atoms with E-state index in [4.69, 9.17) is 5.26 Å². The lowest BCUT2D eigenvalue weighted by molar-refractivity contribution is -0.139. The Balaban J connectivity index is 1.72. The van der Waals surface area contributed by atoms with E-state index < -0.39 is 11.8 Å². The summed E-state index contributed by atoms with van der Waals surface area (Å²) in [6.45, 7) is 0.459. The van der Waals surface area contributed by atoms with Gasteiger partial charge in [-0.2, -0.15) is 15.5 Å². The van der Waals surface area contributed by atoms with Crippen LogP contribution in [-0.4, -0.2) is 33.9 Å². The molecule has 2 aromatic rings. The molecule has 0 unspecified atom stereocenters. The van der Waals surface area contributed by atoms with Gasteiger partial charge in [-0.15, -0.1) is 0 Å². The third-order valence-corrected chi connectivity index (χ3v) is 3.78. The summed E-state index contributed by atoms with van der Waals surface area (Å²) in [7, 11) is 0. The second kappa shape index (κ2) is 8.07. The summed E-state index contributed by atoms with van der Waals surface area (Å²) < 4.78 is 1.66. The highest BCUT2D eigenvalue weighted by Gasteiger charge is 2.26. The largest absolute Gasteiger partial charge is 0.345 e. The molecule has 2 N–H and O–H groups in total. The molecule has 1 saturated carbocycles. The standard InChI is InChI=1S/C18H18N6O2/c19-9-4-10-24-12-14(16(23-24)13-5-2-1-3-6-13)11-20-22-18(26)17(25)21-15-7-8-15/h1-3,5-6,11-12,15H,4,7-8,10H2,(H,21,25)(H,22,26)/b20-11-. The fraction of sp³-hybridized carbons (Fsp3) is 0.278. The topological polar surface area (TPSA) is 112 Å². The summed E-state index contributed by atoms with van der Waals surface area (Å²) in [5.41, 5.74) is 4.48. The summed E-state index contributed by atoms with van der Waals surface area (Å²) in [6, 6.07) is 11.7. The first kappa shape index (κ1) is 17.4. The van der Waals surface area contributed by atoms with E-state index in [1.54, 1.807) is 10.9 Å². The van der Waals surface area contributed by atoms with Gasteiger partial charge >= 0.3 is 11.8 Å².